The van der Waals surface area contributed by atoms with Crippen molar-refractivity contribution >= 4 is 0 Å². The fourth-order valence-electron chi connectivity index (χ4n) is 1.63. The highest BCUT2D eigenvalue weighted by atomic mass is 16.5. The third kappa shape index (κ3) is 5.07. The summed E-state index contributed by atoms with van der Waals surface area (Å²) < 4.78 is 11.3. The van der Waals surface area contributed by atoms with Crippen molar-refractivity contribution in [2.75, 3.05) is 13.2 Å². The molecule has 0 amide bonds. The molecular weight excluding hydrogens is 228 g/mol. The van der Waals surface area contributed by atoms with Gasteiger partial charge in [0.2, 0.25) is 0 Å². The van der Waals surface area contributed by atoms with Gasteiger partial charge in [-0.25, -0.2) is 0 Å². The van der Waals surface area contributed by atoms with Gasteiger partial charge in [-0.3, -0.25) is 0 Å². The molecule has 1 atom stereocenters. The Labute approximate surface area is 110 Å². The third-order valence-corrected chi connectivity index (χ3v) is 2.49. The van der Waals surface area contributed by atoms with Crippen LogP contribution >= 0.6 is 0 Å². The highest BCUT2D eigenvalue weighted by molar-refractivity contribution is 5.38. The van der Waals surface area contributed by atoms with Crippen LogP contribution in [0.4, 0.5) is 0 Å². The van der Waals surface area contributed by atoms with Crippen LogP contribution in [-0.2, 0) is 4.74 Å². The van der Waals surface area contributed by atoms with E-state index in [1.54, 1.807) is 6.92 Å². The average Bonchev–Trinajstić information content (AvgIpc) is 2.24. The number of ether oxygens (including phenoxy) is 2. The predicted octanol–water partition coefficient (Wildman–Crippen LogP) is 3.24. The zero-order chi connectivity index (χ0) is 13.8. The molecule has 3 heteroatoms. The quantitative estimate of drug-likeness (QED) is 0.818. The summed E-state index contributed by atoms with van der Waals surface area (Å²) in [7, 11) is 0. The molecule has 0 spiro atoms. The first-order valence-electron chi connectivity index (χ1n) is 6.35. The lowest BCUT2D eigenvalue weighted by molar-refractivity contribution is -0.0166. The molecule has 1 aromatic rings. The Morgan fingerprint density at radius 2 is 1.89 bits per heavy atom. The van der Waals surface area contributed by atoms with Gasteiger partial charge in [-0.1, -0.05) is 11.6 Å². The number of rotatable bonds is 5. The summed E-state index contributed by atoms with van der Waals surface area (Å²) in [6.45, 7) is 10.8. The normalized spacial score (nSPS) is 13.4. The molecule has 0 radical (unpaired) electrons. The first kappa shape index (κ1) is 15.0. The number of hydrogen-bond acceptors (Lipinski definition) is 3. The maximum absolute atomic E-state index is 9.70. The number of benzene rings is 1. The lowest BCUT2D eigenvalue weighted by Gasteiger charge is -2.20. The van der Waals surface area contributed by atoms with Crippen molar-refractivity contribution in [3.8, 4) is 5.75 Å². The van der Waals surface area contributed by atoms with Gasteiger partial charge in [-0.05, 0) is 46.8 Å². The summed E-state index contributed by atoms with van der Waals surface area (Å²) in [5, 5.41) is 9.70. The highest BCUT2D eigenvalue weighted by Crippen LogP contribution is 2.26. The molecule has 0 aliphatic rings. The van der Waals surface area contributed by atoms with Gasteiger partial charge in [0.25, 0.3) is 0 Å². The van der Waals surface area contributed by atoms with Gasteiger partial charge in [-0.2, -0.15) is 0 Å². The maximum atomic E-state index is 9.70. The van der Waals surface area contributed by atoms with Crippen LogP contribution < -0.4 is 4.74 Å². The van der Waals surface area contributed by atoms with Crippen LogP contribution in [-0.4, -0.2) is 23.9 Å². The van der Waals surface area contributed by atoms with Gasteiger partial charge in [-0.15, -0.1) is 0 Å². The van der Waals surface area contributed by atoms with E-state index in [2.05, 4.69) is 0 Å². The minimum absolute atomic E-state index is 0.149. The van der Waals surface area contributed by atoms with Gasteiger partial charge < -0.3 is 14.6 Å². The van der Waals surface area contributed by atoms with E-state index in [1.165, 1.54) is 0 Å². The van der Waals surface area contributed by atoms with Crippen LogP contribution in [0.3, 0.4) is 0 Å². The summed E-state index contributed by atoms with van der Waals surface area (Å²) in [5.74, 6) is 0.730. The van der Waals surface area contributed by atoms with E-state index in [4.69, 9.17) is 9.47 Å². The van der Waals surface area contributed by atoms with Crippen molar-refractivity contribution in [1.29, 1.82) is 0 Å². The summed E-state index contributed by atoms with van der Waals surface area (Å²) in [6, 6.07) is 5.82. The maximum Gasteiger partial charge on any atom is 0.125 e. The van der Waals surface area contributed by atoms with Crippen LogP contribution in [0.1, 0.15) is 44.9 Å². The molecule has 0 aliphatic carbocycles. The van der Waals surface area contributed by atoms with Crippen LogP contribution in [0.2, 0.25) is 0 Å². The molecule has 0 aromatic heterocycles. The number of aliphatic hydroxyl groups excluding tert-OH is 1. The molecule has 0 aliphatic heterocycles. The van der Waals surface area contributed by atoms with Crippen molar-refractivity contribution in [2.45, 2.75) is 46.3 Å². The zero-order valence-corrected chi connectivity index (χ0v) is 12.0. The van der Waals surface area contributed by atoms with Crippen molar-refractivity contribution in [3.05, 3.63) is 29.3 Å². The minimum atomic E-state index is -0.525. The first-order valence-corrected chi connectivity index (χ1v) is 6.35. The Morgan fingerprint density at radius 1 is 1.22 bits per heavy atom. The lowest BCUT2D eigenvalue weighted by Crippen LogP contribution is -2.22. The van der Waals surface area contributed by atoms with E-state index in [0.717, 1.165) is 16.9 Å². The number of hydrogen-bond donors (Lipinski definition) is 1. The van der Waals surface area contributed by atoms with Crippen LogP contribution in [0.25, 0.3) is 0 Å². The molecule has 18 heavy (non-hydrogen) atoms. The first-order chi connectivity index (χ1) is 8.29. The third-order valence-electron chi connectivity index (χ3n) is 2.49. The van der Waals surface area contributed by atoms with E-state index >= 15 is 0 Å². The fourth-order valence-corrected chi connectivity index (χ4v) is 1.63. The lowest BCUT2D eigenvalue weighted by atomic mass is 10.1. The molecule has 1 N–H and O–H groups in total. The van der Waals surface area contributed by atoms with Crippen LogP contribution in [0.15, 0.2) is 18.2 Å². The van der Waals surface area contributed by atoms with Gasteiger partial charge >= 0.3 is 0 Å². The van der Waals surface area contributed by atoms with E-state index in [1.807, 2.05) is 45.9 Å². The molecule has 1 rings (SSSR count). The second-order valence-corrected chi connectivity index (χ2v) is 5.53. The zero-order valence-electron chi connectivity index (χ0n) is 12.0. The molecule has 3 nitrogen and oxygen atoms in total. The van der Waals surface area contributed by atoms with E-state index < -0.39 is 6.10 Å². The molecule has 1 aromatic carbocycles. The van der Waals surface area contributed by atoms with E-state index in [-0.39, 0.29) is 5.60 Å². The Balaban J connectivity index is 2.57. The van der Waals surface area contributed by atoms with Crippen molar-refractivity contribution in [3.63, 3.8) is 0 Å². The average molecular weight is 252 g/mol. The molecule has 0 unspecified atom stereocenters. The van der Waals surface area contributed by atoms with Gasteiger partial charge in [0.15, 0.2) is 0 Å². The second-order valence-electron chi connectivity index (χ2n) is 5.53. The molecule has 102 valence electrons. The summed E-state index contributed by atoms with van der Waals surface area (Å²) in [6.07, 6.45) is -0.525. The van der Waals surface area contributed by atoms with Crippen molar-refractivity contribution in [2.24, 2.45) is 0 Å². The highest BCUT2D eigenvalue weighted by Gasteiger charge is 2.11. The van der Waals surface area contributed by atoms with Crippen molar-refractivity contribution < 1.29 is 14.6 Å². The van der Waals surface area contributed by atoms with Gasteiger partial charge in [0.1, 0.15) is 12.4 Å². The second kappa shape index (κ2) is 6.21. The Morgan fingerprint density at radius 3 is 2.44 bits per heavy atom. The van der Waals surface area contributed by atoms with Crippen LogP contribution in [0.5, 0.6) is 5.75 Å². The number of aryl methyl sites for hydroxylation is 1. The molecule has 0 bridgehead atoms. The Bertz CT molecular complexity index is 378. The summed E-state index contributed by atoms with van der Waals surface area (Å²) >= 11 is 0. The Hall–Kier alpha value is -1.06. The minimum Gasteiger partial charge on any atom is -0.491 e. The topological polar surface area (TPSA) is 38.7 Å². The monoisotopic (exact) mass is 252 g/mol. The van der Waals surface area contributed by atoms with E-state index in [9.17, 15) is 5.11 Å². The smallest absolute Gasteiger partial charge is 0.125 e. The Kier molecular flexibility index (Phi) is 5.17. The largest absolute Gasteiger partial charge is 0.491 e. The molecule has 0 saturated heterocycles. The van der Waals surface area contributed by atoms with Gasteiger partial charge in [0, 0.05) is 5.56 Å². The molecule has 0 fully saturated rings. The summed E-state index contributed by atoms with van der Waals surface area (Å²) in [4.78, 5) is 0. The van der Waals surface area contributed by atoms with Gasteiger partial charge in [0.05, 0.1) is 18.3 Å². The van der Waals surface area contributed by atoms with Crippen LogP contribution in [0, 0.1) is 6.92 Å². The summed E-state index contributed by atoms with van der Waals surface area (Å²) in [5.41, 5.74) is 1.79. The van der Waals surface area contributed by atoms with E-state index in [0.29, 0.717) is 13.2 Å². The SMILES string of the molecule is Cc1ccc(OCCOC(C)(C)C)c([C@@H](C)O)c1. The van der Waals surface area contributed by atoms with Crippen molar-refractivity contribution in [1.82, 2.24) is 0 Å². The fraction of sp³-hybridized carbons (Fsp3) is 0.600. The predicted molar refractivity (Wildman–Crippen MR) is 73.0 cm³/mol. The molecular formula is C15H24O3. The molecule has 0 heterocycles. The standard InChI is InChI=1S/C15H24O3/c1-11-6-7-14(13(10-11)12(2)16)17-8-9-18-15(3,4)5/h6-7,10,12,16H,8-9H2,1-5H3/t12-/m1/s1. The molecule has 0 saturated carbocycles. The number of aliphatic hydroxyl groups is 1.